The molecular weight excluding hydrogens is 407 g/mol. The second-order valence-corrected chi connectivity index (χ2v) is 6.21. The van der Waals surface area contributed by atoms with Crippen LogP contribution in [0.15, 0.2) is 5.16 Å². The van der Waals surface area contributed by atoms with E-state index in [1.165, 1.54) is 6.26 Å². The van der Waals surface area contributed by atoms with E-state index in [1.54, 1.807) is 13.8 Å². The molecule has 1 aromatic heterocycles. The zero-order valence-electron chi connectivity index (χ0n) is 14.5. The zero-order valence-corrected chi connectivity index (χ0v) is 15.4. The molecular formula is C13H16F7N5OS. The fourth-order valence-corrected chi connectivity index (χ4v) is 2.09. The van der Waals surface area contributed by atoms with Crippen LogP contribution in [0.2, 0.25) is 0 Å². The Bertz CT molecular complexity index is 684. The monoisotopic (exact) mass is 423 g/mol. The lowest BCUT2D eigenvalue weighted by atomic mass is 10.1. The number of carbonyl (C=O) groups is 1. The van der Waals surface area contributed by atoms with E-state index in [1.807, 2.05) is 0 Å². The summed E-state index contributed by atoms with van der Waals surface area (Å²) >= 11 is 0.925. The maximum atomic E-state index is 13.8. The van der Waals surface area contributed by atoms with Crippen LogP contribution in [-0.4, -0.2) is 57.7 Å². The third kappa shape index (κ3) is 4.71. The molecule has 0 aliphatic rings. The Morgan fingerprint density at radius 3 is 2.07 bits per heavy atom. The van der Waals surface area contributed by atoms with Gasteiger partial charge in [-0.25, -0.2) is 0 Å². The molecule has 0 radical (unpaired) electrons. The van der Waals surface area contributed by atoms with Crippen LogP contribution in [0.1, 0.15) is 20.8 Å². The summed E-state index contributed by atoms with van der Waals surface area (Å²) < 4.78 is 90.8. The quantitative estimate of drug-likeness (QED) is 0.534. The molecule has 0 spiro atoms. The topological polar surface area (TPSA) is 71.0 Å². The molecule has 27 heavy (non-hydrogen) atoms. The summed E-state index contributed by atoms with van der Waals surface area (Å²) in [6.45, 7) is 3.78. The van der Waals surface area contributed by atoms with Crippen LogP contribution in [0, 0.1) is 0 Å². The van der Waals surface area contributed by atoms with Crippen LogP contribution in [0.5, 0.6) is 0 Å². The van der Waals surface area contributed by atoms with Crippen molar-refractivity contribution in [2.75, 3.05) is 23.0 Å². The molecule has 0 saturated heterocycles. The number of halogens is 7. The highest BCUT2D eigenvalue weighted by atomic mass is 32.2. The van der Waals surface area contributed by atoms with Crippen molar-refractivity contribution < 1.29 is 35.5 Å². The molecule has 1 rings (SSSR count). The number of amides is 1. The summed E-state index contributed by atoms with van der Waals surface area (Å²) in [4.78, 5) is 23.1. The van der Waals surface area contributed by atoms with Gasteiger partial charge in [-0.15, -0.1) is 0 Å². The third-order valence-electron chi connectivity index (χ3n) is 3.03. The van der Waals surface area contributed by atoms with E-state index in [9.17, 15) is 35.5 Å². The largest absolute Gasteiger partial charge is 0.460 e. The van der Waals surface area contributed by atoms with Crippen molar-refractivity contribution in [3.8, 4) is 0 Å². The molecule has 1 heterocycles. The van der Waals surface area contributed by atoms with Crippen molar-refractivity contribution in [1.82, 2.24) is 15.0 Å². The number of hydrogen-bond donors (Lipinski definition) is 1. The fraction of sp³-hybridized carbons (Fsp3) is 0.692. The molecule has 0 unspecified atom stereocenters. The molecule has 0 aliphatic heterocycles. The lowest BCUT2D eigenvalue weighted by Gasteiger charge is -2.30. The van der Waals surface area contributed by atoms with E-state index in [0.29, 0.717) is 0 Å². The average molecular weight is 423 g/mol. The summed E-state index contributed by atoms with van der Waals surface area (Å²) in [7, 11) is 0. The van der Waals surface area contributed by atoms with Crippen LogP contribution < -0.4 is 10.2 Å². The van der Waals surface area contributed by atoms with Crippen LogP contribution in [-0.2, 0) is 4.79 Å². The Balaban J connectivity index is 3.40. The predicted molar refractivity (Wildman–Crippen MR) is 84.3 cm³/mol. The first kappa shape index (κ1) is 23.2. The summed E-state index contributed by atoms with van der Waals surface area (Å²) in [5.74, 6) is -16.3. The molecule has 6 nitrogen and oxygen atoms in total. The van der Waals surface area contributed by atoms with E-state index < -0.39 is 36.4 Å². The molecule has 1 aromatic rings. The van der Waals surface area contributed by atoms with Crippen molar-refractivity contribution in [3.63, 3.8) is 0 Å². The zero-order chi connectivity index (χ0) is 21.2. The van der Waals surface area contributed by atoms with Crippen LogP contribution in [0.25, 0.3) is 0 Å². The maximum absolute atomic E-state index is 13.8. The van der Waals surface area contributed by atoms with Crippen LogP contribution >= 0.6 is 11.8 Å². The second kappa shape index (κ2) is 8.02. The Hall–Kier alpha value is -1.86. The third-order valence-corrected chi connectivity index (χ3v) is 3.57. The molecule has 1 N–H and O–H groups in total. The summed E-state index contributed by atoms with van der Waals surface area (Å²) in [5, 5.41) is 2.65. The summed E-state index contributed by atoms with van der Waals surface area (Å²) in [6.07, 6.45) is -5.12. The van der Waals surface area contributed by atoms with E-state index in [0.717, 1.165) is 18.7 Å². The first-order chi connectivity index (χ1) is 12.2. The normalized spacial score (nSPS) is 13.0. The van der Waals surface area contributed by atoms with Crippen molar-refractivity contribution >= 4 is 29.6 Å². The highest BCUT2D eigenvalue weighted by Crippen LogP contribution is 2.47. The van der Waals surface area contributed by atoms with Crippen LogP contribution in [0.3, 0.4) is 0 Å². The molecule has 0 saturated carbocycles. The van der Waals surface area contributed by atoms with Crippen molar-refractivity contribution in [3.05, 3.63) is 0 Å². The fourth-order valence-electron chi connectivity index (χ4n) is 1.74. The maximum Gasteiger partial charge on any atom is 0.460 e. The highest BCUT2D eigenvalue weighted by Gasteiger charge is 2.77. The van der Waals surface area contributed by atoms with Crippen molar-refractivity contribution in [1.29, 1.82) is 0 Å². The molecule has 0 bridgehead atoms. The van der Waals surface area contributed by atoms with E-state index in [4.69, 9.17) is 0 Å². The van der Waals surface area contributed by atoms with Gasteiger partial charge in [-0.05, 0) is 27.0 Å². The van der Waals surface area contributed by atoms with Crippen LogP contribution in [0.4, 0.5) is 42.6 Å². The Labute approximate surface area is 153 Å². The SMILES string of the molecule is CCN(C(=O)C(F)(F)C(F)(F)C(F)(F)F)c1nc(NC(C)C)nc(SC)n1. The standard InChI is InChI=1S/C13H16F7N5OS/c1-5-25(7(26)11(14,15)12(16,17)13(18,19)20)9-22-8(21-6(2)3)23-10(24-9)27-4/h6H,5H2,1-4H3,(H,21,22,23,24). The van der Waals surface area contributed by atoms with Gasteiger partial charge < -0.3 is 5.32 Å². The van der Waals surface area contributed by atoms with Gasteiger partial charge in [0.05, 0.1) is 0 Å². The molecule has 1 amide bonds. The minimum absolute atomic E-state index is 0.0491. The molecule has 0 atom stereocenters. The second-order valence-electron chi connectivity index (χ2n) is 5.44. The van der Waals surface area contributed by atoms with Gasteiger partial charge in [0.25, 0.3) is 0 Å². The molecule has 0 aliphatic carbocycles. The van der Waals surface area contributed by atoms with E-state index >= 15 is 0 Å². The Kier molecular flexibility index (Phi) is 6.89. The minimum atomic E-state index is -6.63. The van der Waals surface area contributed by atoms with Gasteiger partial charge in [0.2, 0.25) is 11.9 Å². The first-order valence-electron chi connectivity index (χ1n) is 7.39. The number of rotatable bonds is 7. The lowest BCUT2D eigenvalue weighted by molar-refractivity contribution is -0.343. The summed E-state index contributed by atoms with van der Waals surface area (Å²) in [6, 6.07) is -0.225. The van der Waals surface area contributed by atoms with Gasteiger partial charge in [-0.3, -0.25) is 9.69 Å². The van der Waals surface area contributed by atoms with Gasteiger partial charge in [0.1, 0.15) is 0 Å². The van der Waals surface area contributed by atoms with Crippen molar-refractivity contribution in [2.45, 2.75) is 50.0 Å². The lowest BCUT2D eigenvalue weighted by Crippen LogP contribution is -2.60. The van der Waals surface area contributed by atoms with Gasteiger partial charge in [0.15, 0.2) is 5.16 Å². The number of anilines is 2. The number of aromatic nitrogens is 3. The number of alkyl halides is 7. The summed E-state index contributed by atoms with van der Waals surface area (Å²) in [5.41, 5.74) is 0. The van der Waals surface area contributed by atoms with Gasteiger partial charge in [-0.2, -0.15) is 45.7 Å². The van der Waals surface area contributed by atoms with Gasteiger partial charge in [0, 0.05) is 12.6 Å². The molecule has 0 aromatic carbocycles. The Morgan fingerprint density at radius 2 is 1.67 bits per heavy atom. The number of carbonyl (C=O) groups excluding carboxylic acids is 1. The first-order valence-corrected chi connectivity index (χ1v) is 8.62. The number of hydrogen-bond acceptors (Lipinski definition) is 6. The highest BCUT2D eigenvalue weighted by molar-refractivity contribution is 7.98. The van der Waals surface area contributed by atoms with Gasteiger partial charge >= 0.3 is 23.9 Å². The number of nitrogens with one attached hydrogen (secondary N) is 1. The Morgan fingerprint density at radius 1 is 1.11 bits per heavy atom. The smallest absolute Gasteiger partial charge is 0.352 e. The molecule has 14 heteroatoms. The molecule has 154 valence electrons. The minimum Gasteiger partial charge on any atom is -0.352 e. The van der Waals surface area contributed by atoms with E-state index in [-0.39, 0.29) is 22.0 Å². The molecule has 0 fully saturated rings. The predicted octanol–water partition coefficient (Wildman–Crippen LogP) is 3.60. The number of thioether (sulfide) groups is 1. The number of nitrogens with zero attached hydrogens (tertiary/aromatic N) is 4. The van der Waals surface area contributed by atoms with Crippen molar-refractivity contribution in [2.24, 2.45) is 0 Å². The van der Waals surface area contributed by atoms with E-state index in [2.05, 4.69) is 20.3 Å². The van der Waals surface area contributed by atoms with Gasteiger partial charge in [-0.1, -0.05) is 11.8 Å². The average Bonchev–Trinajstić information content (AvgIpc) is 2.53.